The van der Waals surface area contributed by atoms with E-state index >= 15 is 0 Å². The van der Waals surface area contributed by atoms with Crippen molar-refractivity contribution in [1.29, 1.82) is 5.26 Å². The molecule has 0 spiro atoms. The molecule has 0 unspecified atom stereocenters. The molecule has 4 N–H and O–H groups in total. The van der Waals surface area contributed by atoms with E-state index in [-0.39, 0.29) is 30.1 Å². The molecule has 4 atom stereocenters. The summed E-state index contributed by atoms with van der Waals surface area (Å²) >= 11 is 0. The molecule has 0 bridgehead atoms. The summed E-state index contributed by atoms with van der Waals surface area (Å²) in [6.45, 7) is 1.77. The molecule has 0 saturated carbocycles. The molecule has 1 fully saturated rings. The Bertz CT molecular complexity index is 993. The van der Waals surface area contributed by atoms with E-state index in [1.165, 1.54) is 6.42 Å². The first-order valence-corrected chi connectivity index (χ1v) is 10.7. The van der Waals surface area contributed by atoms with Gasteiger partial charge in [0.25, 0.3) is 0 Å². The van der Waals surface area contributed by atoms with Crippen LogP contribution in [0.4, 0.5) is 10.2 Å². The molecular weight excluding hydrogens is 421 g/mol. The van der Waals surface area contributed by atoms with Gasteiger partial charge in [0, 0.05) is 12.5 Å². The minimum absolute atomic E-state index is 0.158. The number of esters is 1. The standard InChI is InChI=1S/C21H28FN5O5/c1-2-3-4-5-6-7-8-16(28)31-10-14-18(29)19(30)21(11-23,32-14)15-9-13(22)17-20(24)25-12-26-27(15)17/h9,12,14,18-19,29-30H,2-8,10H2,1H3,(H2,24,25,26)/t14-,18-,19-,21+/m1/s1. The minimum Gasteiger partial charge on any atom is -0.463 e. The number of nitrogens with zero attached hydrogens (tertiary/aromatic N) is 4. The molecule has 0 amide bonds. The molecule has 0 radical (unpaired) electrons. The lowest BCUT2D eigenvalue weighted by atomic mass is 9.92. The van der Waals surface area contributed by atoms with E-state index in [2.05, 4.69) is 17.0 Å². The number of rotatable bonds is 10. The minimum atomic E-state index is -2.15. The van der Waals surface area contributed by atoms with Gasteiger partial charge in [-0.2, -0.15) is 10.4 Å². The van der Waals surface area contributed by atoms with E-state index < -0.39 is 35.7 Å². The Morgan fingerprint density at radius 3 is 2.81 bits per heavy atom. The van der Waals surface area contributed by atoms with E-state index in [1.54, 1.807) is 0 Å². The molecule has 2 aromatic heterocycles. The maximum Gasteiger partial charge on any atom is 0.305 e. The van der Waals surface area contributed by atoms with Crippen molar-refractivity contribution in [3.63, 3.8) is 0 Å². The third-order valence-electron chi connectivity index (χ3n) is 5.68. The molecule has 32 heavy (non-hydrogen) atoms. The average molecular weight is 449 g/mol. The summed E-state index contributed by atoms with van der Waals surface area (Å²) in [6, 6.07) is 2.76. The van der Waals surface area contributed by atoms with Crippen molar-refractivity contribution in [1.82, 2.24) is 14.6 Å². The van der Waals surface area contributed by atoms with E-state index in [0.717, 1.165) is 42.6 Å². The Hall–Kier alpha value is -2.81. The fourth-order valence-corrected chi connectivity index (χ4v) is 3.90. The first kappa shape index (κ1) is 23.8. The Morgan fingerprint density at radius 1 is 1.38 bits per heavy atom. The highest BCUT2D eigenvalue weighted by Gasteiger charge is 2.58. The number of fused-ring (bicyclic) bond motifs is 1. The second kappa shape index (κ2) is 10.2. The number of halogens is 1. The summed E-state index contributed by atoms with van der Waals surface area (Å²) < 4.78 is 26.3. The van der Waals surface area contributed by atoms with E-state index in [9.17, 15) is 24.7 Å². The second-order valence-electron chi connectivity index (χ2n) is 7.92. The molecule has 1 aliphatic rings. The topological polar surface area (TPSA) is 156 Å². The van der Waals surface area contributed by atoms with Gasteiger partial charge in [0.05, 0.1) is 5.69 Å². The van der Waals surface area contributed by atoms with Crippen molar-refractivity contribution in [3.05, 3.63) is 23.9 Å². The molecular formula is C21H28FN5O5. The van der Waals surface area contributed by atoms with Crippen LogP contribution in [0.3, 0.4) is 0 Å². The van der Waals surface area contributed by atoms with E-state index in [4.69, 9.17) is 15.2 Å². The quantitative estimate of drug-likeness (QED) is 0.362. The highest BCUT2D eigenvalue weighted by atomic mass is 19.1. The number of aliphatic hydroxyl groups excluding tert-OH is 2. The molecule has 10 nitrogen and oxygen atoms in total. The van der Waals surface area contributed by atoms with Gasteiger partial charge < -0.3 is 25.4 Å². The van der Waals surface area contributed by atoms with Crippen LogP contribution in [0.25, 0.3) is 5.52 Å². The van der Waals surface area contributed by atoms with Crippen molar-refractivity contribution >= 4 is 17.3 Å². The van der Waals surface area contributed by atoms with Gasteiger partial charge in [0.2, 0.25) is 5.60 Å². The third-order valence-corrected chi connectivity index (χ3v) is 5.68. The summed E-state index contributed by atoms with van der Waals surface area (Å²) in [4.78, 5) is 15.7. The normalized spacial score (nSPS) is 25.2. The third kappa shape index (κ3) is 4.53. The van der Waals surface area contributed by atoms with Gasteiger partial charge in [-0.25, -0.2) is 13.9 Å². The number of nitriles is 1. The van der Waals surface area contributed by atoms with Gasteiger partial charge in [-0.1, -0.05) is 39.0 Å². The number of hydrogen-bond donors (Lipinski definition) is 3. The van der Waals surface area contributed by atoms with Crippen LogP contribution in [0.5, 0.6) is 0 Å². The molecule has 1 saturated heterocycles. The summed E-state index contributed by atoms with van der Waals surface area (Å²) in [5.74, 6) is -1.43. The zero-order valence-corrected chi connectivity index (χ0v) is 17.9. The van der Waals surface area contributed by atoms with Gasteiger partial charge in [-0.15, -0.1) is 0 Å². The Labute approximate surface area is 184 Å². The highest BCUT2D eigenvalue weighted by molar-refractivity contribution is 5.69. The first-order valence-electron chi connectivity index (χ1n) is 10.7. The largest absolute Gasteiger partial charge is 0.463 e. The van der Waals surface area contributed by atoms with Gasteiger partial charge >= 0.3 is 5.97 Å². The van der Waals surface area contributed by atoms with Crippen molar-refractivity contribution in [2.45, 2.75) is 75.8 Å². The van der Waals surface area contributed by atoms with Gasteiger partial charge in [-0.05, 0) is 6.42 Å². The van der Waals surface area contributed by atoms with Crippen LogP contribution in [0.15, 0.2) is 12.4 Å². The second-order valence-corrected chi connectivity index (χ2v) is 7.92. The number of carbonyl (C=O) groups is 1. The Morgan fingerprint density at radius 2 is 2.09 bits per heavy atom. The number of anilines is 1. The lowest BCUT2D eigenvalue weighted by Gasteiger charge is -2.24. The number of hydrogen-bond acceptors (Lipinski definition) is 9. The fraction of sp³-hybridized carbons (Fsp3) is 0.619. The lowest BCUT2D eigenvalue weighted by Crippen LogP contribution is -2.41. The number of ether oxygens (including phenoxy) is 2. The highest BCUT2D eigenvalue weighted by Crippen LogP contribution is 2.41. The molecule has 1 aliphatic heterocycles. The molecule has 0 aromatic carbocycles. The summed E-state index contributed by atoms with van der Waals surface area (Å²) in [7, 11) is 0. The first-order chi connectivity index (χ1) is 15.4. The van der Waals surface area contributed by atoms with Gasteiger partial charge in [0.15, 0.2) is 11.6 Å². The molecule has 3 heterocycles. The van der Waals surface area contributed by atoms with Crippen molar-refractivity contribution in [2.75, 3.05) is 12.3 Å². The van der Waals surface area contributed by atoms with E-state index in [0.29, 0.717) is 6.42 Å². The maximum atomic E-state index is 14.5. The smallest absolute Gasteiger partial charge is 0.305 e. The summed E-state index contributed by atoms with van der Waals surface area (Å²) in [6.07, 6.45) is 2.92. The predicted octanol–water partition coefficient (Wildman–Crippen LogP) is 1.58. The number of aliphatic hydroxyl groups is 2. The van der Waals surface area contributed by atoms with Crippen LogP contribution in [0, 0.1) is 17.1 Å². The Balaban J connectivity index is 1.67. The van der Waals surface area contributed by atoms with E-state index in [1.807, 2.05) is 6.07 Å². The number of unbranched alkanes of at least 4 members (excludes halogenated alkanes) is 5. The van der Waals surface area contributed by atoms with Crippen LogP contribution in [-0.2, 0) is 19.9 Å². The van der Waals surface area contributed by atoms with Crippen molar-refractivity contribution in [3.8, 4) is 6.07 Å². The van der Waals surface area contributed by atoms with Crippen molar-refractivity contribution < 1.29 is 28.9 Å². The van der Waals surface area contributed by atoms with Gasteiger partial charge in [0.1, 0.15) is 42.8 Å². The van der Waals surface area contributed by atoms with Crippen LogP contribution < -0.4 is 5.73 Å². The molecule has 2 aromatic rings. The number of nitrogen functional groups attached to an aromatic ring is 1. The fourth-order valence-electron chi connectivity index (χ4n) is 3.90. The average Bonchev–Trinajstić information content (AvgIpc) is 3.25. The predicted molar refractivity (Wildman–Crippen MR) is 110 cm³/mol. The molecule has 11 heteroatoms. The summed E-state index contributed by atoms with van der Waals surface area (Å²) in [5, 5.41) is 34.8. The molecule has 3 rings (SSSR count). The van der Waals surface area contributed by atoms with Crippen LogP contribution in [0.1, 0.15) is 57.6 Å². The summed E-state index contributed by atoms with van der Waals surface area (Å²) in [5.41, 5.74) is 3.20. The number of aromatic nitrogens is 3. The lowest BCUT2D eigenvalue weighted by molar-refractivity contribution is -0.150. The molecule has 174 valence electrons. The van der Waals surface area contributed by atoms with Crippen LogP contribution in [0.2, 0.25) is 0 Å². The zero-order valence-electron chi connectivity index (χ0n) is 17.9. The van der Waals surface area contributed by atoms with Crippen LogP contribution in [-0.4, -0.2) is 55.7 Å². The van der Waals surface area contributed by atoms with Crippen molar-refractivity contribution in [2.24, 2.45) is 0 Å². The van der Waals surface area contributed by atoms with Gasteiger partial charge in [-0.3, -0.25) is 4.79 Å². The molecule has 0 aliphatic carbocycles. The number of carbonyl (C=O) groups excluding carboxylic acids is 1. The maximum absolute atomic E-state index is 14.5. The Kier molecular flexibility index (Phi) is 7.60. The number of nitrogens with two attached hydrogens (primary N) is 1. The van der Waals surface area contributed by atoms with Crippen LogP contribution >= 0.6 is 0 Å². The zero-order chi connectivity index (χ0) is 23.3. The SMILES string of the molecule is CCCCCCCCC(=O)OC[C@H]1O[C@@](C#N)(c2cc(F)c3c(N)ncnn23)[C@H](O)[C@@H]1O. The monoisotopic (exact) mass is 449 g/mol.